The van der Waals surface area contributed by atoms with Gasteiger partial charge < -0.3 is 0 Å². The van der Waals surface area contributed by atoms with Gasteiger partial charge in [-0.25, -0.2) is 0 Å². The van der Waals surface area contributed by atoms with E-state index in [1.807, 2.05) is 0 Å². The van der Waals surface area contributed by atoms with E-state index in [1.54, 1.807) is 5.57 Å². The Morgan fingerprint density at radius 3 is 3.08 bits per heavy atom. The van der Waals surface area contributed by atoms with Crippen LogP contribution >= 0.6 is 0 Å². The first kappa shape index (κ1) is 9.83. The number of unbranched alkanes of at least 4 members (excludes halogenated alkanes) is 1. The number of allylic oxidation sites excluding steroid dienone is 2. The molecule has 0 aromatic carbocycles. The summed E-state index contributed by atoms with van der Waals surface area (Å²) in [6.45, 7) is 4.57. The van der Waals surface area contributed by atoms with Crippen molar-refractivity contribution in [3.05, 3.63) is 11.6 Å². The summed E-state index contributed by atoms with van der Waals surface area (Å²) in [6.07, 6.45) is 12.3. The largest absolute Gasteiger partial charge is 0.0853 e. The molecular weight excluding hydrogens is 144 g/mol. The van der Waals surface area contributed by atoms with E-state index >= 15 is 0 Å². The first-order chi connectivity index (χ1) is 5.83. The molecule has 0 fully saturated rings. The number of rotatable bonds is 3. The van der Waals surface area contributed by atoms with Gasteiger partial charge in [-0.05, 0) is 38.5 Å². The van der Waals surface area contributed by atoms with E-state index in [4.69, 9.17) is 0 Å². The Kier molecular flexibility index (Phi) is 4.42. The zero-order chi connectivity index (χ0) is 8.81. The molecule has 12 heavy (non-hydrogen) atoms. The van der Waals surface area contributed by atoms with Crippen molar-refractivity contribution < 1.29 is 0 Å². The van der Waals surface area contributed by atoms with Crippen LogP contribution < -0.4 is 0 Å². The Morgan fingerprint density at radius 1 is 1.50 bits per heavy atom. The second kappa shape index (κ2) is 5.40. The fraction of sp³-hybridized carbons (Fsp3) is 0.833. The summed E-state index contributed by atoms with van der Waals surface area (Å²) in [4.78, 5) is 0. The van der Waals surface area contributed by atoms with Gasteiger partial charge in [0, 0.05) is 0 Å². The highest BCUT2D eigenvalue weighted by atomic mass is 14.2. The maximum absolute atomic E-state index is 2.47. The van der Waals surface area contributed by atoms with Gasteiger partial charge in [0.05, 0.1) is 0 Å². The van der Waals surface area contributed by atoms with Crippen LogP contribution in [0.3, 0.4) is 0 Å². The van der Waals surface area contributed by atoms with Gasteiger partial charge >= 0.3 is 0 Å². The summed E-state index contributed by atoms with van der Waals surface area (Å²) in [7, 11) is 0. The van der Waals surface area contributed by atoms with Crippen LogP contribution in [0.15, 0.2) is 11.6 Å². The zero-order valence-corrected chi connectivity index (χ0v) is 8.60. The van der Waals surface area contributed by atoms with Crippen molar-refractivity contribution >= 4 is 0 Å². The maximum atomic E-state index is 2.47. The molecule has 0 spiro atoms. The van der Waals surface area contributed by atoms with Crippen LogP contribution in [0.2, 0.25) is 0 Å². The van der Waals surface area contributed by atoms with Crippen molar-refractivity contribution in [2.24, 2.45) is 5.92 Å². The van der Waals surface area contributed by atoms with Crippen LogP contribution in [0.4, 0.5) is 0 Å². The third-order valence-electron chi connectivity index (χ3n) is 2.95. The Balaban J connectivity index is 2.26. The molecule has 0 bridgehead atoms. The molecule has 1 aliphatic rings. The van der Waals surface area contributed by atoms with Gasteiger partial charge in [0.1, 0.15) is 0 Å². The van der Waals surface area contributed by atoms with Gasteiger partial charge in [0.15, 0.2) is 0 Å². The van der Waals surface area contributed by atoms with Gasteiger partial charge in [0.2, 0.25) is 0 Å². The topological polar surface area (TPSA) is 0 Å². The molecule has 0 heteroatoms. The minimum atomic E-state index is 1.00. The predicted molar refractivity (Wildman–Crippen MR) is 55.2 cm³/mol. The van der Waals surface area contributed by atoms with E-state index in [2.05, 4.69) is 19.9 Å². The Morgan fingerprint density at radius 2 is 2.33 bits per heavy atom. The average Bonchev–Trinajstić information content (AvgIpc) is 2.27. The molecule has 0 radical (unpaired) electrons. The van der Waals surface area contributed by atoms with Crippen LogP contribution in [-0.4, -0.2) is 0 Å². The monoisotopic (exact) mass is 166 g/mol. The standard InChI is InChI=1S/C12H22/c1-3-4-7-12-8-5-6-11(2)9-10-12/h9,12H,3-8,10H2,1-2H3. The lowest BCUT2D eigenvalue weighted by Crippen LogP contribution is -1.97. The van der Waals surface area contributed by atoms with Crippen molar-refractivity contribution in [3.8, 4) is 0 Å². The lowest BCUT2D eigenvalue weighted by atomic mass is 9.95. The predicted octanol–water partition coefficient (Wildman–Crippen LogP) is 4.31. The van der Waals surface area contributed by atoms with E-state index in [0.29, 0.717) is 0 Å². The van der Waals surface area contributed by atoms with Gasteiger partial charge in [0.25, 0.3) is 0 Å². The summed E-state index contributed by atoms with van der Waals surface area (Å²) in [5, 5.41) is 0. The first-order valence-corrected chi connectivity index (χ1v) is 5.48. The Bertz CT molecular complexity index is 144. The minimum Gasteiger partial charge on any atom is -0.0853 e. The van der Waals surface area contributed by atoms with Gasteiger partial charge in [-0.2, -0.15) is 0 Å². The molecule has 1 atom stereocenters. The Hall–Kier alpha value is -0.260. The fourth-order valence-corrected chi connectivity index (χ4v) is 2.01. The highest BCUT2D eigenvalue weighted by Crippen LogP contribution is 2.25. The third kappa shape index (κ3) is 3.42. The second-order valence-electron chi connectivity index (χ2n) is 4.19. The van der Waals surface area contributed by atoms with Crippen LogP contribution in [0, 0.1) is 5.92 Å². The lowest BCUT2D eigenvalue weighted by Gasteiger charge is -2.11. The van der Waals surface area contributed by atoms with Crippen molar-refractivity contribution in [1.29, 1.82) is 0 Å². The zero-order valence-electron chi connectivity index (χ0n) is 8.60. The lowest BCUT2D eigenvalue weighted by molar-refractivity contribution is 0.435. The van der Waals surface area contributed by atoms with E-state index in [0.717, 1.165) is 5.92 Å². The molecule has 70 valence electrons. The van der Waals surface area contributed by atoms with Gasteiger partial charge in [-0.15, -0.1) is 0 Å². The van der Waals surface area contributed by atoms with Crippen molar-refractivity contribution in [2.45, 2.75) is 58.8 Å². The molecule has 0 aliphatic heterocycles. The van der Waals surface area contributed by atoms with Crippen molar-refractivity contribution in [3.63, 3.8) is 0 Å². The molecule has 1 rings (SSSR count). The van der Waals surface area contributed by atoms with Crippen LogP contribution in [-0.2, 0) is 0 Å². The Labute approximate surface area is 77.1 Å². The van der Waals surface area contributed by atoms with E-state index < -0.39 is 0 Å². The minimum absolute atomic E-state index is 1.00. The molecule has 0 aromatic heterocycles. The molecule has 0 heterocycles. The van der Waals surface area contributed by atoms with E-state index in [-0.39, 0.29) is 0 Å². The highest BCUT2D eigenvalue weighted by Gasteiger charge is 2.09. The molecule has 0 aromatic rings. The summed E-state index contributed by atoms with van der Waals surface area (Å²) >= 11 is 0. The average molecular weight is 166 g/mol. The molecule has 0 saturated heterocycles. The normalized spacial score (nSPS) is 24.8. The molecule has 1 aliphatic carbocycles. The fourth-order valence-electron chi connectivity index (χ4n) is 2.01. The molecule has 0 saturated carbocycles. The maximum Gasteiger partial charge on any atom is -0.0320 e. The van der Waals surface area contributed by atoms with E-state index in [1.165, 1.54) is 44.9 Å². The van der Waals surface area contributed by atoms with Crippen molar-refractivity contribution in [1.82, 2.24) is 0 Å². The SMILES string of the molecule is CCCCC1CC=C(C)CCC1. The van der Waals surface area contributed by atoms with Gasteiger partial charge in [-0.1, -0.05) is 37.8 Å². The van der Waals surface area contributed by atoms with E-state index in [9.17, 15) is 0 Å². The number of hydrogen-bond acceptors (Lipinski definition) is 0. The van der Waals surface area contributed by atoms with Crippen LogP contribution in [0.25, 0.3) is 0 Å². The molecule has 1 unspecified atom stereocenters. The summed E-state index contributed by atoms with van der Waals surface area (Å²) in [5.74, 6) is 1.00. The molecular formula is C12H22. The highest BCUT2D eigenvalue weighted by molar-refractivity contribution is 5.00. The number of hydrogen-bond donors (Lipinski definition) is 0. The third-order valence-corrected chi connectivity index (χ3v) is 2.95. The summed E-state index contributed by atoms with van der Waals surface area (Å²) < 4.78 is 0. The van der Waals surface area contributed by atoms with Crippen LogP contribution in [0.5, 0.6) is 0 Å². The smallest absolute Gasteiger partial charge is 0.0320 e. The molecule has 0 nitrogen and oxygen atoms in total. The van der Waals surface area contributed by atoms with Gasteiger partial charge in [-0.3, -0.25) is 0 Å². The quantitative estimate of drug-likeness (QED) is 0.548. The van der Waals surface area contributed by atoms with Crippen LogP contribution in [0.1, 0.15) is 58.8 Å². The summed E-state index contributed by atoms with van der Waals surface area (Å²) in [5.41, 5.74) is 1.62. The first-order valence-electron chi connectivity index (χ1n) is 5.48. The van der Waals surface area contributed by atoms with Crippen molar-refractivity contribution in [2.75, 3.05) is 0 Å². The molecule has 0 amide bonds. The molecule has 0 N–H and O–H groups in total. The summed E-state index contributed by atoms with van der Waals surface area (Å²) in [6, 6.07) is 0. The second-order valence-corrected chi connectivity index (χ2v) is 4.19.